The number of rotatable bonds is 4. The van der Waals surface area contributed by atoms with Crippen LogP contribution < -0.4 is 9.64 Å². The molecule has 1 saturated heterocycles. The van der Waals surface area contributed by atoms with Crippen LogP contribution in [0.3, 0.4) is 0 Å². The van der Waals surface area contributed by atoms with Crippen molar-refractivity contribution in [1.82, 2.24) is 4.90 Å². The smallest absolute Gasteiger partial charge is 0.334 e. The van der Waals surface area contributed by atoms with Crippen molar-refractivity contribution in [2.24, 2.45) is 0 Å². The van der Waals surface area contributed by atoms with Crippen molar-refractivity contribution >= 4 is 23.5 Å². The number of carboxylic acids is 1. The van der Waals surface area contributed by atoms with Crippen LogP contribution in [0.1, 0.15) is 13.3 Å². The number of anilines is 1. The van der Waals surface area contributed by atoms with E-state index in [2.05, 4.69) is 0 Å². The van der Waals surface area contributed by atoms with Gasteiger partial charge in [0.1, 0.15) is 5.75 Å². The van der Waals surface area contributed by atoms with Gasteiger partial charge in [-0.2, -0.15) is 0 Å². The highest BCUT2D eigenvalue weighted by Gasteiger charge is 2.33. The monoisotopic (exact) mass is 348 g/mol. The molecule has 2 amide bonds. The third-order valence-corrected chi connectivity index (χ3v) is 4.25. The first kappa shape index (κ1) is 17.2. The first-order valence-corrected chi connectivity index (χ1v) is 8.14. The standard InChI is InChI=1S/C17H20N2O6/c1-11-8-18(9-14(25-11)17(22)23)15(20)6-7-19-12-4-2-3-5-13(12)24-10-16(19)21/h2-5,11,14H,6-10H2,1H3,(H,22,23)/t11-,14?/m1/s1. The fourth-order valence-corrected chi connectivity index (χ4v) is 3.06. The summed E-state index contributed by atoms with van der Waals surface area (Å²) in [6.45, 7) is 2.27. The number of carboxylic acid groups (broad SMARTS) is 1. The summed E-state index contributed by atoms with van der Waals surface area (Å²) >= 11 is 0. The van der Waals surface area contributed by atoms with Crippen LogP contribution >= 0.6 is 0 Å². The highest BCUT2D eigenvalue weighted by atomic mass is 16.5. The highest BCUT2D eigenvalue weighted by Crippen LogP contribution is 2.31. The number of morpholine rings is 1. The number of aliphatic carboxylic acids is 1. The summed E-state index contributed by atoms with van der Waals surface area (Å²) in [5.74, 6) is -0.870. The Balaban J connectivity index is 1.64. The molecule has 2 heterocycles. The number of hydrogen-bond acceptors (Lipinski definition) is 5. The Bertz CT molecular complexity index is 691. The Labute approximate surface area is 144 Å². The van der Waals surface area contributed by atoms with Crippen molar-refractivity contribution < 1.29 is 29.0 Å². The minimum atomic E-state index is -1.08. The van der Waals surface area contributed by atoms with Crippen molar-refractivity contribution in [3.63, 3.8) is 0 Å². The summed E-state index contributed by atoms with van der Waals surface area (Å²) in [6, 6.07) is 7.17. The van der Waals surface area contributed by atoms with Gasteiger partial charge in [-0.3, -0.25) is 9.59 Å². The van der Waals surface area contributed by atoms with Crippen molar-refractivity contribution in [2.75, 3.05) is 31.1 Å². The molecule has 1 aromatic carbocycles. The summed E-state index contributed by atoms with van der Waals surface area (Å²) in [5.41, 5.74) is 0.644. The van der Waals surface area contributed by atoms with Gasteiger partial charge in [-0.05, 0) is 19.1 Å². The number of amides is 2. The molecule has 2 aliphatic heterocycles. The predicted octanol–water partition coefficient (Wildman–Crippen LogP) is 0.503. The molecule has 2 aliphatic rings. The van der Waals surface area contributed by atoms with Crippen LogP contribution in [0.4, 0.5) is 5.69 Å². The number of hydrogen-bond donors (Lipinski definition) is 1. The zero-order chi connectivity index (χ0) is 18.0. The topological polar surface area (TPSA) is 96.4 Å². The normalized spacial score (nSPS) is 23.0. The second kappa shape index (κ2) is 7.10. The van der Waals surface area contributed by atoms with E-state index in [4.69, 9.17) is 14.6 Å². The molecule has 0 saturated carbocycles. The van der Waals surface area contributed by atoms with Gasteiger partial charge in [0.15, 0.2) is 12.7 Å². The largest absolute Gasteiger partial charge is 0.482 e. The van der Waals surface area contributed by atoms with Crippen molar-refractivity contribution in [2.45, 2.75) is 25.6 Å². The minimum Gasteiger partial charge on any atom is -0.482 e. The molecule has 8 nitrogen and oxygen atoms in total. The lowest BCUT2D eigenvalue weighted by Gasteiger charge is -2.35. The van der Waals surface area contributed by atoms with Crippen molar-refractivity contribution in [3.8, 4) is 5.75 Å². The van der Waals surface area contributed by atoms with Gasteiger partial charge in [0, 0.05) is 19.5 Å². The van der Waals surface area contributed by atoms with E-state index in [-0.39, 0.29) is 44.0 Å². The third kappa shape index (κ3) is 3.74. The molecule has 2 atom stereocenters. The molecule has 0 bridgehead atoms. The summed E-state index contributed by atoms with van der Waals surface area (Å²) in [7, 11) is 0. The number of para-hydroxylation sites is 2. The maximum atomic E-state index is 12.5. The first-order valence-electron chi connectivity index (χ1n) is 8.14. The van der Waals surface area contributed by atoms with E-state index in [1.807, 2.05) is 6.07 Å². The van der Waals surface area contributed by atoms with Gasteiger partial charge in [0.2, 0.25) is 5.91 Å². The van der Waals surface area contributed by atoms with Gasteiger partial charge in [-0.15, -0.1) is 0 Å². The average molecular weight is 348 g/mol. The number of nitrogens with zero attached hydrogens (tertiary/aromatic N) is 2. The van der Waals surface area contributed by atoms with Crippen LogP contribution in [-0.4, -0.2) is 66.2 Å². The predicted molar refractivity (Wildman–Crippen MR) is 87.5 cm³/mol. The van der Waals surface area contributed by atoms with Gasteiger partial charge < -0.3 is 24.4 Å². The number of carbonyl (C=O) groups excluding carboxylic acids is 2. The van der Waals surface area contributed by atoms with Crippen LogP contribution in [0.2, 0.25) is 0 Å². The Morgan fingerprint density at radius 3 is 2.80 bits per heavy atom. The number of benzene rings is 1. The highest BCUT2D eigenvalue weighted by molar-refractivity contribution is 5.98. The SMILES string of the molecule is C[C@@H]1CN(C(=O)CCN2C(=O)COc3ccccc32)CC(C(=O)O)O1. The van der Waals surface area contributed by atoms with Crippen LogP contribution in [-0.2, 0) is 19.1 Å². The van der Waals surface area contributed by atoms with Crippen LogP contribution in [0.15, 0.2) is 24.3 Å². The van der Waals surface area contributed by atoms with Gasteiger partial charge in [0.25, 0.3) is 5.91 Å². The molecule has 1 fully saturated rings. The van der Waals surface area contributed by atoms with Crippen LogP contribution in [0.5, 0.6) is 5.75 Å². The Morgan fingerprint density at radius 1 is 1.28 bits per heavy atom. The lowest BCUT2D eigenvalue weighted by Crippen LogP contribution is -2.52. The number of fused-ring (bicyclic) bond motifs is 1. The molecular weight excluding hydrogens is 328 g/mol. The third-order valence-electron chi connectivity index (χ3n) is 4.25. The summed E-state index contributed by atoms with van der Waals surface area (Å²) in [5, 5.41) is 9.10. The second-order valence-electron chi connectivity index (χ2n) is 6.12. The van der Waals surface area contributed by atoms with E-state index in [9.17, 15) is 14.4 Å². The molecule has 0 spiro atoms. The Morgan fingerprint density at radius 2 is 2.04 bits per heavy atom. The lowest BCUT2D eigenvalue weighted by atomic mass is 10.2. The van der Waals surface area contributed by atoms with E-state index in [1.165, 1.54) is 9.80 Å². The fourth-order valence-electron chi connectivity index (χ4n) is 3.06. The van der Waals surface area contributed by atoms with Gasteiger partial charge in [-0.1, -0.05) is 12.1 Å². The maximum Gasteiger partial charge on any atom is 0.334 e. The zero-order valence-electron chi connectivity index (χ0n) is 13.9. The van der Waals surface area contributed by atoms with Crippen molar-refractivity contribution in [3.05, 3.63) is 24.3 Å². The van der Waals surface area contributed by atoms with E-state index in [0.717, 1.165) is 0 Å². The minimum absolute atomic E-state index is 0.0200. The summed E-state index contributed by atoms with van der Waals surface area (Å²) in [6.07, 6.45) is -1.25. The average Bonchev–Trinajstić information content (AvgIpc) is 2.60. The van der Waals surface area contributed by atoms with Gasteiger partial charge in [-0.25, -0.2) is 4.79 Å². The fraction of sp³-hybridized carbons (Fsp3) is 0.471. The van der Waals surface area contributed by atoms with E-state index >= 15 is 0 Å². The Hall–Kier alpha value is -2.61. The van der Waals surface area contributed by atoms with Crippen LogP contribution in [0.25, 0.3) is 0 Å². The molecule has 0 aromatic heterocycles. The van der Waals surface area contributed by atoms with Crippen molar-refractivity contribution in [1.29, 1.82) is 0 Å². The van der Waals surface area contributed by atoms with E-state index in [0.29, 0.717) is 18.0 Å². The molecule has 0 radical (unpaired) electrons. The molecule has 1 unspecified atom stereocenters. The van der Waals surface area contributed by atoms with Gasteiger partial charge in [0.05, 0.1) is 18.3 Å². The molecule has 25 heavy (non-hydrogen) atoms. The number of ether oxygens (including phenoxy) is 2. The molecule has 8 heteroatoms. The summed E-state index contributed by atoms with van der Waals surface area (Å²) in [4.78, 5) is 38.7. The molecule has 1 aromatic rings. The summed E-state index contributed by atoms with van der Waals surface area (Å²) < 4.78 is 10.7. The lowest BCUT2D eigenvalue weighted by molar-refractivity contribution is -0.166. The van der Waals surface area contributed by atoms with E-state index < -0.39 is 12.1 Å². The quantitative estimate of drug-likeness (QED) is 0.851. The Kier molecular flexibility index (Phi) is 4.89. The van der Waals surface area contributed by atoms with Crippen LogP contribution in [0, 0.1) is 0 Å². The molecule has 3 rings (SSSR count). The maximum absolute atomic E-state index is 12.5. The number of carbonyl (C=O) groups is 3. The molecular formula is C17H20N2O6. The first-order chi connectivity index (χ1) is 12.0. The molecule has 1 N–H and O–H groups in total. The zero-order valence-corrected chi connectivity index (χ0v) is 13.9. The molecule has 0 aliphatic carbocycles. The second-order valence-corrected chi connectivity index (χ2v) is 6.12. The van der Waals surface area contributed by atoms with E-state index in [1.54, 1.807) is 25.1 Å². The molecule has 134 valence electrons. The van der Waals surface area contributed by atoms with Gasteiger partial charge >= 0.3 is 5.97 Å².